The molecule has 0 aliphatic heterocycles. The van der Waals surface area contributed by atoms with Crippen molar-refractivity contribution in [3.05, 3.63) is 77.1 Å². The van der Waals surface area contributed by atoms with Crippen LogP contribution in [0.25, 0.3) is 11.1 Å². The van der Waals surface area contributed by atoms with Gasteiger partial charge in [-0.1, -0.05) is 31.2 Å². The average molecular weight is 568 g/mol. The number of anilines is 2. The maximum Gasteiger partial charge on any atom is 0.416 e. The molecule has 7 nitrogen and oxygen atoms in total. The highest BCUT2D eigenvalue weighted by atomic mass is 19.4. The van der Waals surface area contributed by atoms with Crippen molar-refractivity contribution in [1.82, 2.24) is 4.98 Å². The molecule has 2 N–H and O–H groups in total. The van der Waals surface area contributed by atoms with Gasteiger partial charge in [0, 0.05) is 28.9 Å². The molecule has 4 rings (SSSR count). The van der Waals surface area contributed by atoms with E-state index in [0.717, 1.165) is 41.8 Å². The van der Waals surface area contributed by atoms with Gasteiger partial charge in [-0.25, -0.2) is 4.79 Å². The van der Waals surface area contributed by atoms with Crippen LogP contribution in [0.1, 0.15) is 80.1 Å². The van der Waals surface area contributed by atoms with Gasteiger partial charge in [0.25, 0.3) is 0 Å². The van der Waals surface area contributed by atoms with Crippen LogP contribution >= 0.6 is 0 Å². The number of ketones is 1. The summed E-state index contributed by atoms with van der Waals surface area (Å²) in [6.45, 7) is 6.46. The number of hydrogen-bond acceptors (Lipinski definition) is 5. The Bertz CT molecular complexity index is 1460. The number of carbonyl (C=O) groups is 3. The first-order valence-corrected chi connectivity index (χ1v) is 13.4. The second-order valence-electron chi connectivity index (χ2n) is 11.0. The lowest BCUT2D eigenvalue weighted by molar-refractivity contribution is -0.138. The highest BCUT2D eigenvalue weighted by molar-refractivity contribution is 6.12. The van der Waals surface area contributed by atoms with Crippen molar-refractivity contribution in [2.45, 2.75) is 71.1 Å². The molecule has 1 aliphatic rings. The predicted molar refractivity (Wildman–Crippen MR) is 150 cm³/mol. The van der Waals surface area contributed by atoms with Crippen molar-refractivity contribution in [3.8, 4) is 11.1 Å². The first kappa shape index (κ1) is 29.8. The molecular formula is C31H32F3N3O4. The van der Waals surface area contributed by atoms with Gasteiger partial charge in [0.2, 0.25) is 5.91 Å². The third-order valence-electron chi connectivity index (χ3n) is 6.46. The van der Waals surface area contributed by atoms with Crippen LogP contribution in [0.4, 0.5) is 29.3 Å². The van der Waals surface area contributed by atoms with Crippen molar-refractivity contribution in [3.63, 3.8) is 0 Å². The van der Waals surface area contributed by atoms with Crippen LogP contribution in [0.5, 0.6) is 0 Å². The zero-order chi connectivity index (χ0) is 29.9. The summed E-state index contributed by atoms with van der Waals surface area (Å²) in [5, 5.41) is 4.79. The van der Waals surface area contributed by atoms with Gasteiger partial charge in [-0.2, -0.15) is 13.2 Å². The van der Waals surface area contributed by atoms with Crippen molar-refractivity contribution in [2.75, 3.05) is 10.6 Å². The number of nitrogens with zero attached hydrogens (tertiary/aromatic N) is 1. The summed E-state index contributed by atoms with van der Waals surface area (Å²) >= 11 is 0. The van der Waals surface area contributed by atoms with Gasteiger partial charge >= 0.3 is 12.3 Å². The fraction of sp³-hybridized carbons (Fsp3) is 0.355. The fourth-order valence-corrected chi connectivity index (χ4v) is 4.33. The first-order valence-electron chi connectivity index (χ1n) is 13.4. The van der Waals surface area contributed by atoms with E-state index < -0.39 is 41.5 Å². The Morgan fingerprint density at radius 2 is 1.66 bits per heavy atom. The molecule has 0 radical (unpaired) electrons. The smallest absolute Gasteiger partial charge is 0.416 e. The number of rotatable bonds is 8. The largest absolute Gasteiger partial charge is 0.444 e. The lowest BCUT2D eigenvalue weighted by Gasteiger charge is -2.22. The quantitative estimate of drug-likeness (QED) is 0.214. The van der Waals surface area contributed by atoms with Gasteiger partial charge in [-0.05, 0) is 75.4 Å². The standard InChI is InChI=1S/C31H32F3N3O4/c1-5-18-14-25(37-29(40)41-30(2,3)4)26(15-23(18)31(32,33)34)36-28(39)16-27(38)21-8-6-7-20(13-21)22-11-12-24(35-17-22)19-9-10-19/h6-8,11-15,17,19H,5,9-10,16H2,1-4H3,(H,36,39)(H,37,40). The summed E-state index contributed by atoms with van der Waals surface area (Å²) in [5.41, 5.74) is 0.625. The number of ether oxygens (including phenoxy) is 1. The summed E-state index contributed by atoms with van der Waals surface area (Å²) in [6, 6.07) is 12.5. The molecule has 216 valence electrons. The SMILES string of the molecule is CCc1cc(NC(=O)OC(C)(C)C)c(NC(=O)CC(=O)c2cccc(-c3ccc(C4CC4)nc3)c2)cc1C(F)(F)F. The van der Waals surface area contributed by atoms with Gasteiger partial charge in [-0.15, -0.1) is 0 Å². The third-order valence-corrected chi connectivity index (χ3v) is 6.46. The minimum atomic E-state index is -4.70. The van der Waals surface area contributed by atoms with Crippen molar-refractivity contribution >= 4 is 29.2 Å². The first-order chi connectivity index (χ1) is 19.2. The summed E-state index contributed by atoms with van der Waals surface area (Å²) in [4.78, 5) is 42.7. The molecule has 0 bridgehead atoms. The summed E-state index contributed by atoms with van der Waals surface area (Å²) in [7, 11) is 0. The van der Waals surface area contributed by atoms with E-state index in [1.807, 2.05) is 18.2 Å². The average Bonchev–Trinajstić information content (AvgIpc) is 3.73. The molecule has 1 heterocycles. The zero-order valence-corrected chi connectivity index (χ0v) is 23.3. The molecule has 2 aromatic carbocycles. The van der Waals surface area contributed by atoms with Gasteiger partial charge in [0.1, 0.15) is 5.60 Å². The Morgan fingerprint density at radius 1 is 0.951 bits per heavy atom. The zero-order valence-electron chi connectivity index (χ0n) is 23.3. The number of halogens is 3. The van der Waals surface area contributed by atoms with Crippen LogP contribution in [-0.4, -0.2) is 28.4 Å². The van der Waals surface area contributed by atoms with E-state index in [1.54, 1.807) is 52.1 Å². The van der Waals surface area contributed by atoms with E-state index in [1.165, 1.54) is 0 Å². The lowest BCUT2D eigenvalue weighted by atomic mass is 10.0. The van der Waals surface area contributed by atoms with Crippen LogP contribution in [0, 0.1) is 0 Å². The lowest BCUT2D eigenvalue weighted by Crippen LogP contribution is -2.28. The molecule has 41 heavy (non-hydrogen) atoms. The number of aryl methyl sites for hydroxylation is 1. The molecule has 10 heteroatoms. The van der Waals surface area contributed by atoms with Gasteiger partial charge < -0.3 is 10.1 Å². The van der Waals surface area contributed by atoms with E-state index >= 15 is 0 Å². The second kappa shape index (κ2) is 11.7. The normalized spacial score (nSPS) is 13.4. The van der Waals surface area contributed by atoms with E-state index in [-0.39, 0.29) is 28.9 Å². The number of pyridine rings is 1. The monoisotopic (exact) mass is 567 g/mol. The summed E-state index contributed by atoms with van der Waals surface area (Å²) in [5.74, 6) is -0.837. The number of benzene rings is 2. The van der Waals surface area contributed by atoms with Crippen molar-refractivity contribution < 1.29 is 32.3 Å². The van der Waals surface area contributed by atoms with Crippen LogP contribution in [0.3, 0.4) is 0 Å². The number of carbonyl (C=O) groups excluding carboxylic acids is 3. The maximum atomic E-state index is 13.8. The van der Waals surface area contributed by atoms with E-state index in [0.29, 0.717) is 5.92 Å². The second-order valence-corrected chi connectivity index (χ2v) is 11.0. The van der Waals surface area contributed by atoms with Gasteiger partial charge in [0.15, 0.2) is 5.78 Å². The number of alkyl halides is 3. The Kier molecular flexibility index (Phi) is 8.51. The number of hydrogen-bond donors (Lipinski definition) is 2. The van der Waals surface area contributed by atoms with Crippen LogP contribution in [0.15, 0.2) is 54.7 Å². The van der Waals surface area contributed by atoms with Crippen LogP contribution < -0.4 is 10.6 Å². The van der Waals surface area contributed by atoms with E-state index in [2.05, 4.69) is 15.6 Å². The predicted octanol–water partition coefficient (Wildman–Crippen LogP) is 7.77. The summed E-state index contributed by atoms with van der Waals surface area (Å²) in [6.07, 6.45) is -2.17. The molecule has 1 fully saturated rings. The van der Waals surface area contributed by atoms with Crippen LogP contribution in [0.2, 0.25) is 0 Å². The Labute approximate surface area is 236 Å². The number of amides is 2. The molecule has 2 amide bonds. The molecule has 0 unspecified atom stereocenters. The molecular weight excluding hydrogens is 535 g/mol. The molecule has 0 saturated heterocycles. The third kappa shape index (κ3) is 7.93. The summed E-state index contributed by atoms with van der Waals surface area (Å²) < 4.78 is 46.5. The fourth-order valence-electron chi connectivity index (χ4n) is 4.33. The van der Waals surface area contributed by atoms with Crippen molar-refractivity contribution in [1.29, 1.82) is 0 Å². The van der Waals surface area contributed by atoms with Crippen LogP contribution in [-0.2, 0) is 22.1 Å². The molecule has 1 saturated carbocycles. The highest BCUT2D eigenvalue weighted by Gasteiger charge is 2.34. The Hall–Kier alpha value is -4.21. The van der Waals surface area contributed by atoms with Gasteiger partial charge in [-0.3, -0.25) is 19.9 Å². The number of Topliss-reactive ketones (excluding diaryl/α,β-unsaturated/α-hetero) is 1. The molecule has 0 spiro atoms. The van der Waals surface area contributed by atoms with E-state index in [4.69, 9.17) is 4.74 Å². The highest BCUT2D eigenvalue weighted by Crippen LogP contribution is 2.39. The Balaban J connectivity index is 1.53. The van der Waals surface area contributed by atoms with Crippen molar-refractivity contribution in [2.24, 2.45) is 0 Å². The minimum Gasteiger partial charge on any atom is -0.444 e. The number of aromatic nitrogens is 1. The molecule has 0 atom stereocenters. The van der Waals surface area contributed by atoms with Gasteiger partial charge in [0.05, 0.1) is 23.4 Å². The minimum absolute atomic E-state index is 0.0275. The van der Waals surface area contributed by atoms with E-state index in [9.17, 15) is 27.6 Å². The maximum absolute atomic E-state index is 13.8. The Morgan fingerprint density at radius 3 is 2.24 bits per heavy atom. The topological polar surface area (TPSA) is 97.4 Å². The molecule has 3 aromatic rings. The molecule has 1 aliphatic carbocycles. The number of nitrogens with one attached hydrogen (secondary N) is 2. The molecule has 1 aromatic heterocycles.